The molecule has 0 heterocycles. The van der Waals surface area contributed by atoms with Gasteiger partial charge in [0.15, 0.2) is 0 Å². The Morgan fingerprint density at radius 2 is 1.00 bits per heavy atom. The molecule has 0 saturated heterocycles. The summed E-state index contributed by atoms with van der Waals surface area (Å²) in [5, 5.41) is 0. The molecule has 0 atom stereocenters. The van der Waals surface area contributed by atoms with Crippen LogP contribution < -0.4 is 0 Å². The largest absolute Gasteiger partial charge is 0.303 e. The maximum absolute atomic E-state index is 2.54. The van der Waals surface area contributed by atoms with Gasteiger partial charge in [-0.25, -0.2) is 0 Å². The molecule has 0 N–H and O–H groups in total. The van der Waals surface area contributed by atoms with Gasteiger partial charge in [-0.05, 0) is 38.9 Å². The second-order valence-corrected chi connectivity index (χ2v) is 2.84. The zero-order valence-corrected chi connectivity index (χ0v) is 9.19. The summed E-state index contributed by atoms with van der Waals surface area (Å²) in [6, 6.07) is 0. The first kappa shape index (κ1) is 13.9. The van der Waals surface area contributed by atoms with Crippen molar-refractivity contribution in [1.82, 2.24) is 4.90 Å². The zero-order valence-electron chi connectivity index (χ0n) is 8.19. The lowest BCUT2D eigenvalue weighted by Gasteiger charge is -2.19. The fraction of sp³-hybridized carbons (Fsp3) is 1.00. The third-order valence-electron chi connectivity index (χ3n) is 1.62. The van der Waals surface area contributed by atoms with E-state index < -0.39 is 0 Å². The van der Waals surface area contributed by atoms with Crippen molar-refractivity contribution < 1.29 is 0 Å². The van der Waals surface area contributed by atoms with E-state index >= 15 is 0 Å². The van der Waals surface area contributed by atoms with Gasteiger partial charge >= 0.3 is 0 Å². The van der Waals surface area contributed by atoms with E-state index in [4.69, 9.17) is 0 Å². The summed E-state index contributed by atoms with van der Waals surface area (Å²) in [5.41, 5.74) is 0. The van der Waals surface area contributed by atoms with Gasteiger partial charge in [-0.2, -0.15) is 13.5 Å². The van der Waals surface area contributed by atoms with Crippen LogP contribution in [-0.4, -0.2) is 24.5 Å². The lowest BCUT2D eigenvalue weighted by atomic mass is 10.3. The molecule has 0 spiro atoms. The van der Waals surface area contributed by atoms with Crippen LogP contribution in [0, 0.1) is 0 Å². The Labute approximate surface area is 78.6 Å². The predicted molar refractivity (Wildman–Crippen MR) is 57.7 cm³/mol. The van der Waals surface area contributed by atoms with Crippen LogP contribution in [-0.2, 0) is 0 Å². The molecule has 0 radical (unpaired) electrons. The average molecular weight is 177 g/mol. The summed E-state index contributed by atoms with van der Waals surface area (Å²) in [6.07, 6.45) is 3.88. The van der Waals surface area contributed by atoms with Gasteiger partial charge in [0.25, 0.3) is 0 Å². The van der Waals surface area contributed by atoms with Crippen LogP contribution in [0.2, 0.25) is 0 Å². The van der Waals surface area contributed by atoms with Crippen LogP contribution in [0.4, 0.5) is 0 Å². The number of hydrogen-bond acceptors (Lipinski definition) is 1. The highest BCUT2D eigenvalue weighted by Gasteiger charge is 1.98. The van der Waals surface area contributed by atoms with Crippen molar-refractivity contribution in [3.8, 4) is 0 Å². The zero-order chi connectivity index (χ0) is 7.82. The second-order valence-electron chi connectivity index (χ2n) is 2.84. The first-order chi connectivity index (χ1) is 4.85. The van der Waals surface area contributed by atoms with E-state index in [9.17, 15) is 0 Å². The molecule has 0 aliphatic heterocycles. The molecule has 0 fully saturated rings. The summed E-state index contributed by atoms with van der Waals surface area (Å²) >= 11 is 0. The topological polar surface area (TPSA) is 3.24 Å². The Hall–Kier alpha value is 0.310. The summed E-state index contributed by atoms with van der Waals surface area (Å²) in [4.78, 5) is 2.54. The second kappa shape index (κ2) is 10.3. The van der Waals surface area contributed by atoms with Gasteiger partial charge in [0.2, 0.25) is 0 Å². The van der Waals surface area contributed by atoms with Crippen LogP contribution in [0.15, 0.2) is 0 Å². The fourth-order valence-electron chi connectivity index (χ4n) is 1.28. The summed E-state index contributed by atoms with van der Waals surface area (Å²) in [7, 11) is 0. The fourth-order valence-corrected chi connectivity index (χ4v) is 1.28. The standard InChI is InChI=1S/C9H21N.H2S/c1-4-7-10(8-5-2)9-6-3;/h4-9H2,1-3H3;1H2. The van der Waals surface area contributed by atoms with E-state index in [-0.39, 0.29) is 13.5 Å². The Morgan fingerprint density at radius 1 is 0.727 bits per heavy atom. The molecule has 0 saturated carbocycles. The van der Waals surface area contributed by atoms with Crippen LogP contribution in [0.25, 0.3) is 0 Å². The maximum Gasteiger partial charge on any atom is -0.00214 e. The highest BCUT2D eigenvalue weighted by Crippen LogP contribution is 1.94. The minimum Gasteiger partial charge on any atom is -0.303 e. The number of rotatable bonds is 6. The van der Waals surface area contributed by atoms with Crippen molar-refractivity contribution in [2.75, 3.05) is 19.6 Å². The lowest BCUT2D eigenvalue weighted by Crippen LogP contribution is -2.25. The Bertz CT molecular complexity index is 52.3. The Morgan fingerprint density at radius 3 is 1.18 bits per heavy atom. The third-order valence-corrected chi connectivity index (χ3v) is 1.62. The summed E-state index contributed by atoms with van der Waals surface area (Å²) in [6.45, 7) is 10.6. The average Bonchev–Trinajstić information content (AvgIpc) is 1.90. The van der Waals surface area contributed by atoms with Gasteiger partial charge in [-0.1, -0.05) is 20.8 Å². The molecule has 1 nitrogen and oxygen atoms in total. The Balaban J connectivity index is 0. The number of nitrogens with zero attached hydrogens (tertiary/aromatic N) is 1. The van der Waals surface area contributed by atoms with Crippen LogP contribution in [0.5, 0.6) is 0 Å². The molecule has 0 rings (SSSR count). The Kier molecular flexibility index (Phi) is 13.0. The molecular formula is C9H23NS. The van der Waals surface area contributed by atoms with Crippen molar-refractivity contribution in [2.45, 2.75) is 40.0 Å². The highest BCUT2D eigenvalue weighted by atomic mass is 32.1. The van der Waals surface area contributed by atoms with E-state index in [1.54, 1.807) is 0 Å². The minimum absolute atomic E-state index is 0. The van der Waals surface area contributed by atoms with Gasteiger partial charge in [-0.3, -0.25) is 0 Å². The van der Waals surface area contributed by atoms with E-state index in [0.717, 1.165) is 0 Å². The van der Waals surface area contributed by atoms with Gasteiger partial charge in [0, 0.05) is 0 Å². The third kappa shape index (κ3) is 8.21. The maximum atomic E-state index is 2.54. The van der Waals surface area contributed by atoms with E-state index in [1.807, 2.05) is 0 Å². The van der Waals surface area contributed by atoms with E-state index in [0.29, 0.717) is 0 Å². The molecule has 0 amide bonds. The molecule has 0 bridgehead atoms. The predicted octanol–water partition coefficient (Wildman–Crippen LogP) is 2.63. The van der Waals surface area contributed by atoms with Crippen LogP contribution >= 0.6 is 13.5 Å². The van der Waals surface area contributed by atoms with Gasteiger partial charge in [0.1, 0.15) is 0 Å². The molecular weight excluding hydrogens is 154 g/mol. The molecule has 0 aromatic heterocycles. The molecule has 0 aromatic carbocycles. The first-order valence-corrected chi connectivity index (χ1v) is 4.57. The summed E-state index contributed by atoms with van der Waals surface area (Å²) < 4.78 is 0. The number of hydrogen-bond donors (Lipinski definition) is 0. The quantitative estimate of drug-likeness (QED) is 0.603. The van der Waals surface area contributed by atoms with E-state index in [1.165, 1.54) is 38.9 Å². The van der Waals surface area contributed by atoms with Crippen molar-refractivity contribution >= 4 is 13.5 Å². The monoisotopic (exact) mass is 177 g/mol. The SMILES string of the molecule is CCCN(CCC)CCC.S. The molecule has 0 aliphatic rings. The minimum atomic E-state index is 0. The molecule has 0 aromatic rings. The van der Waals surface area contributed by atoms with E-state index in [2.05, 4.69) is 25.7 Å². The summed E-state index contributed by atoms with van der Waals surface area (Å²) in [5.74, 6) is 0. The molecule has 0 unspecified atom stereocenters. The molecule has 2 heteroatoms. The first-order valence-electron chi connectivity index (χ1n) is 4.57. The van der Waals surface area contributed by atoms with Crippen molar-refractivity contribution in [3.05, 3.63) is 0 Å². The molecule has 11 heavy (non-hydrogen) atoms. The molecule has 70 valence electrons. The smallest absolute Gasteiger partial charge is 0.00214 e. The van der Waals surface area contributed by atoms with Crippen molar-refractivity contribution in [1.29, 1.82) is 0 Å². The van der Waals surface area contributed by atoms with Crippen molar-refractivity contribution in [2.24, 2.45) is 0 Å². The van der Waals surface area contributed by atoms with Crippen LogP contribution in [0.3, 0.4) is 0 Å². The molecule has 0 aliphatic carbocycles. The van der Waals surface area contributed by atoms with Gasteiger partial charge in [0.05, 0.1) is 0 Å². The van der Waals surface area contributed by atoms with Crippen molar-refractivity contribution in [3.63, 3.8) is 0 Å². The van der Waals surface area contributed by atoms with Gasteiger partial charge in [-0.15, -0.1) is 0 Å². The van der Waals surface area contributed by atoms with Gasteiger partial charge < -0.3 is 4.90 Å². The lowest BCUT2D eigenvalue weighted by molar-refractivity contribution is 0.275. The highest BCUT2D eigenvalue weighted by molar-refractivity contribution is 7.59. The normalized spacial score (nSPS) is 9.82. The van der Waals surface area contributed by atoms with Crippen LogP contribution in [0.1, 0.15) is 40.0 Å².